The van der Waals surface area contributed by atoms with Crippen LogP contribution < -0.4 is 10.1 Å². The van der Waals surface area contributed by atoms with E-state index in [2.05, 4.69) is 10.4 Å². The van der Waals surface area contributed by atoms with E-state index in [-0.39, 0.29) is 18.3 Å². The van der Waals surface area contributed by atoms with E-state index in [4.69, 9.17) is 32.4 Å². The van der Waals surface area contributed by atoms with Gasteiger partial charge in [-0.3, -0.25) is 9.48 Å². The van der Waals surface area contributed by atoms with E-state index < -0.39 is 0 Å². The first-order valence-corrected chi connectivity index (χ1v) is 9.87. The number of ether oxygens (including phenoxy) is 1. The topological polar surface area (TPSA) is 69.3 Å². The minimum absolute atomic E-state index is 0.184. The number of carbonyl (C=O) groups is 1. The van der Waals surface area contributed by atoms with Gasteiger partial charge in [0.15, 0.2) is 5.76 Å². The third kappa shape index (κ3) is 5.03. The van der Waals surface area contributed by atoms with Crippen LogP contribution in [-0.4, -0.2) is 15.7 Å². The Morgan fingerprint density at radius 1 is 1.07 bits per heavy atom. The van der Waals surface area contributed by atoms with Crippen molar-refractivity contribution in [2.75, 3.05) is 5.32 Å². The molecule has 2 aromatic heterocycles. The van der Waals surface area contributed by atoms with Gasteiger partial charge in [0, 0.05) is 16.2 Å². The molecule has 0 radical (unpaired) electrons. The fourth-order valence-electron chi connectivity index (χ4n) is 2.77. The summed E-state index contributed by atoms with van der Waals surface area (Å²) in [7, 11) is 0. The van der Waals surface area contributed by atoms with Crippen LogP contribution in [-0.2, 0) is 13.2 Å². The van der Waals surface area contributed by atoms with Gasteiger partial charge in [-0.05, 0) is 48.0 Å². The molecular weight excluding hydrogens is 425 g/mol. The number of aromatic nitrogens is 2. The molecule has 0 aliphatic heterocycles. The van der Waals surface area contributed by atoms with Crippen molar-refractivity contribution in [2.45, 2.75) is 13.2 Å². The van der Waals surface area contributed by atoms with Gasteiger partial charge in [-0.2, -0.15) is 5.10 Å². The van der Waals surface area contributed by atoms with Crippen LogP contribution in [0.25, 0.3) is 0 Å². The molecule has 4 aromatic rings. The molecule has 4 rings (SSSR count). The van der Waals surface area contributed by atoms with E-state index in [0.717, 1.165) is 5.56 Å². The van der Waals surface area contributed by atoms with Crippen molar-refractivity contribution in [3.63, 3.8) is 0 Å². The lowest BCUT2D eigenvalue weighted by atomic mass is 10.2. The van der Waals surface area contributed by atoms with Crippen molar-refractivity contribution < 1.29 is 13.9 Å². The van der Waals surface area contributed by atoms with Crippen LogP contribution in [0.15, 0.2) is 77.5 Å². The Morgan fingerprint density at radius 2 is 1.87 bits per heavy atom. The molecule has 1 amide bonds. The lowest BCUT2D eigenvalue weighted by Crippen LogP contribution is -2.10. The zero-order valence-corrected chi connectivity index (χ0v) is 17.2. The average molecular weight is 442 g/mol. The maximum Gasteiger partial charge on any atom is 0.291 e. The van der Waals surface area contributed by atoms with Crippen molar-refractivity contribution in [1.29, 1.82) is 0 Å². The van der Waals surface area contributed by atoms with Gasteiger partial charge in [0.2, 0.25) is 0 Å². The first-order valence-electron chi connectivity index (χ1n) is 9.11. The van der Waals surface area contributed by atoms with Crippen LogP contribution in [0.2, 0.25) is 10.0 Å². The van der Waals surface area contributed by atoms with E-state index >= 15 is 0 Å². The summed E-state index contributed by atoms with van der Waals surface area (Å²) < 4.78 is 12.9. The second kappa shape index (κ2) is 9.07. The Bertz CT molecular complexity index is 1150. The van der Waals surface area contributed by atoms with Crippen LogP contribution in [0, 0.1) is 0 Å². The molecule has 2 aromatic carbocycles. The van der Waals surface area contributed by atoms with Crippen LogP contribution >= 0.6 is 23.2 Å². The van der Waals surface area contributed by atoms with Gasteiger partial charge in [-0.1, -0.05) is 41.4 Å². The summed E-state index contributed by atoms with van der Waals surface area (Å²) in [5.74, 6) is 1.01. The van der Waals surface area contributed by atoms with Gasteiger partial charge in [0.05, 0.1) is 18.4 Å². The Labute approximate surface area is 183 Å². The summed E-state index contributed by atoms with van der Waals surface area (Å²) in [5.41, 5.74) is 1.50. The molecule has 0 atom stereocenters. The number of amides is 1. The summed E-state index contributed by atoms with van der Waals surface area (Å²) >= 11 is 12.0. The van der Waals surface area contributed by atoms with E-state index in [1.807, 2.05) is 24.3 Å². The lowest BCUT2D eigenvalue weighted by molar-refractivity contribution is 0.0992. The average Bonchev–Trinajstić information content (AvgIpc) is 3.39. The normalized spacial score (nSPS) is 10.7. The van der Waals surface area contributed by atoms with Crippen molar-refractivity contribution in [3.8, 4) is 5.75 Å². The van der Waals surface area contributed by atoms with Gasteiger partial charge in [-0.25, -0.2) is 0 Å². The molecule has 0 unspecified atom stereocenters. The SMILES string of the molecule is O=C(Nc1cnn(Cc2ccccc2Cl)c1)c1ccc(COc2ccc(Cl)cc2)o1. The number of carbonyl (C=O) groups excluding carboxylic acids is 1. The maximum absolute atomic E-state index is 12.4. The minimum atomic E-state index is -0.370. The maximum atomic E-state index is 12.4. The summed E-state index contributed by atoms with van der Waals surface area (Å²) in [5, 5.41) is 8.33. The highest BCUT2D eigenvalue weighted by atomic mass is 35.5. The molecule has 0 aliphatic carbocycles. The Balaban J connectivity index is 1.34. The molecule has 30 heavy (non-hydrogen) atoms. The number of hydrogen-bond donors (Lipinski definition) is 1. The van der Waals surface area contributed by atoms with Crippen LogP contribution in [0.3, 0.4) is 0 Å². The molecule has 0 saturated heterocycles. The Morgan fingerprint density at radius 3 is 2.67 bits per heavy atom. The molecule has 2 heterocycles. The predicted octanol–water partition coefficient (Wildman–Crippen LogP) is 5.66. The van der Waals surface area contributed by atoms with E-state index in [9.17, 15) is 4.79 Å². The van der Waals surface area contributed by atoms with Gasteiger partial charge in [0.25, 0.3) is 5.91 Å². The highest BCUT2D eigenvalue weighted by Gasteiger charge is 2.13. The van der Waals surface area contributed by atoms with Gasteiger partial charge >= 0.3 is 0 Å². The van der Waals surface area contributed by atoms with E-state index in [1.54, 1.807) is 53.5 Å². The molecule has 0 bridgehead atoms. The summed E-state index contributed by atoms with van der Waals surface area (Å²) in [4.78, 5) is 12.4. The number of benzene rings is 2. The van der Waals surface area contributed by atoms with Crippen molar-refractivity contribution in [1.82, 2.24) is 9.78 Å². The lowest BCUT2D eigenvalue weighted by Gasteiger charge is -2.04. The standard InChI is InChI=1S/C22H17Cl2N3O3/c23-16-5-7-18(8-6-16)29-14-19-9-10-21(30-19)22(28)26-17-11-25-27(13-17)12-15-3-1-2-4-20(15)24/h1-11,13H,12,14H2,(H,26,28). The van der Waals surface area contributed by atoms with Crippen LogP contribution in [0.5, 0.6) is 5.75 Å². The predicted molar refractivity (Wildman–Crippen MR) is 115 cm³/mol. The number of halogens is 2. The number of nitrogens with one attached hydrogen (secondary N) is 1. The van der Waals surface area contributed by atoms with E-state index in [0.29, 0.717) is 33.8 Å². The monoisotopic (exact) mass is 441 g/mol. The van der Waals surface area contributed by atoms with Crippen molar-refractivity contribution in [3.05, 3.63) is 100 Å². The van der Waals surface area contributed by atoms with E-state index in [1.165, 1.54) is 0 Å². The first kappa shape index (κ1) is 20.1. The third-order valence-electron chi connectivity index (χ3n) is 4.26. The fourth-order valence-corrected chi connectivity index (χ4v) is 3.09. The zero-order valence-electron chi connectivity index (χ0n) is 15.7. The Kier molecular flexibility index (Phi) is 6.07. The third-order valence-corrected chi connectivity index (χ3v) is 4.88. The van der Waals surface area contributed by atoms with Crippen molar-refractivity contribution in [2.24, 2.45) is 0 Å². The van der Waals surface area contributed by atoms with Gasteiger partial charge in [-0.15, -0.1) is 0 Å². The second-order valence-corrected chi connectivity index (χ2v) is 7.32. The molecule has 152 valence electrons. The summed E-state index contributed by atoms with van der Waals surface area (Å²) in [6.45, 7) is 0.702. The molecule has 0 saturated carbocycles. The number of hydrogen-bond acceptors (Lipinski definition) is 4. The number of rotatable bonds is 7. The number of nitrogens with zero attached hydrogens (tertiary/aromatic N) is 2. The second-order valence-electron chi connectivity index (χ2n) is 6.48. The Hall–Kier alpha value is -3.22. The fraction of sp³-hybridized carbons (Fsp3) is 0.0909. The van der Waals surface area contributed by atoms with Crippen molar-refractivity contribution >= 4 is 34.8 Å². The highest BCUT2D eigenvalue weighted by molar-refractivity contribution is 6.31. The molecule has 0 aliphatic rings. The molecule has 8 heteroatoms. The number of furan rings is 1. The van der Waals surface area contributed by atoms with Gasteiger partial charge in [0.1, 0.15) is 18.1 Å². The zero-order chi connectivity index (χ0) is 20.9. The van der Waals surface area contributed by atoms with Gasteiger partial charge < -0.3 is 14.5 Å². The van der Waals surface area contributed by atoms with Crippen LogP contribution in [0.4, 0.5) is 5.69 Å². The molecule has 6 nitrogen and oxygen atoms in total. The minimum Gasteiger partial charge on any atom is -0.486 e. The first-order chi connectivity index (χ1) is 14.6. The quantitative estimate of drug-likeness (QED) is 0.401. The molecule has 0 fully saturated rings. The molecular formula is C22H17Cl2N3O3. The summed E-state index contributed by atoms with van der Waals surface area (Å²) in [6.07, 6.45) is 3.30. The molecule has 0 spiro atoms. The summed E-state index contributed by atoms with van der Waals surface area (Å²) in [6, 6.07) is 17.9. The highest BCUT2D eigenvalue weighted by Crippen LogP contribution is 2.19. The van der Waals surface area contributed by atoms with Crippen LogP contribution in [0.1, 0.15) is 21.9 Å². The molecule has 1 N–H and O–H groups in total. The number of anilines is 1. The smallest absolute Gasteiger partial charge is 0.291 e. The largest absolute Gasteiger partial charge is 0.486 e.